The summed E-state index contributed by atoms with van der Waals surface area (Å²) < 4.78 is 0.917. The summed E-state index contributed by atoms with van der Waals surface area (Å²) in [5, 5.41) is 12.4. The standard InChI is InChI=1S/C12H7BrClN3/c13-9-1-2-10(14)11(6-9)17-12-5-8(7-15)3-4-16-12/h1-6H,(H,16,17). The van der Waals surface area contributed by atoms with Gasteiger partial charge in [0, 0.05) is 10.7 Å². The molecule has 0 amide bonds. The SMILES string of the molecule is N#Cc1ccnc(Nc2cc(Br)ccc2Cl)c1. The Morgan fingerprint density at radius 1 is 1.29 bits per heavy atom. The van der Waals surface area contributed by atoms with Gasteiger partial charge in [-0.2, -0.15) is 5.26 Å². The maximum Gasteiger partial charge on any atom is 0.131 e. The zero-order chi connectivity index (χ0) is 12.3. The van der Waals surface area contributed by atoms with E-state index in [1.807, 2.05) is 12.1 Å². The first-order chi connectivity index (χ1) is 8.19. The maximum atomic E-state index is 8.79. The van der Waals surface area contributed by atoms with Crippen LogP contribution < -0.4 is 5.32 Å². The molecule has 0 saturated carbocycles. The Morgan fingerprint density at radius 2 is 2.12 bits per heavy atom. The normalized spacial score (nSPS) is 9.71. The monoisotopic (exact) mass is 307 g/mol. The van der Waals surface area contributed by atoms with E-state index < -0.39 is 0 Å². The lowest BCUT2D eigenvalue weighted by atomic mass is 10.2. The van der Waals surface area contributed by atoms with Gasteiger partial charge >= 0.3 is 0 Å². The molecule has 1 heterocycles. The summed E-state index contributed by atoms with van der Waals surface area (Å²) >= 11 is 9.41. The van der Waals surface area contributed by atoms with Crippen molar-refractivity contribution in [2.75, 3.05) is 5.32 Å². The lowest BCUT2D eigenvalue weighted by Gasteiger charge is -2.07. The van der Waals surface area contributed by atoms with Crippen molar-refractivity contribution in [1.29, 1.82) is 5.26 Å². The highest BCUT2D eigenvalue weighted by Crippen LogP contribution is 2.28. The molecule has 0 spiro atoms. The van der Waals surface area contributed by atoms with E-state index in [0.29, 0.717) is 16.4 Å². The zero-order valence-electron chi connectivity index (χ0n) is 8.61. The number of benzene rings is 1. The van der Waals surface area contributed by atoms with E-state index in [2.05, 4.69) is 32.3 Å². The van der Waals surface area contributed by atoms with E-state index >= 15 is 0 Å². The van der Waals surface area contributed by atoms with Gasteiger partial charge in [-0.3, -0.25) is 0 Å². The van der Waals surface area contributed by atoms with Crippen molar-refractivity contribution in [2.45, 2.75) is 0 Å². The molecule has 0 aliphatic carbocycles. The van der Waals surface area contributed by atoms with Crippen LogP contribution >= 0.6 is 27.5 Å². The summed E-state index contributed by atoms with van der Waals surface area (Å²) in [4.78, 5) is 4.12. The fourth-order valence-electron chi connectivity index (χ4n) is 1.30. The molecule has 84 valence electrons. The second-order valence-corrected chi connectivity index (χ2v) is 4.61. The minimum Gasteiger partial charge on any atom is -0.339 e. The number of rotatable bonds is 2. The fourth-order valence-corrected chi connectivity index (χ4v) is 1.83. The first-order valence-corrected chi connectivity index (χ1v) is 5.94. The molecule has 0 bridgehead atoms. The predicted octanol–water partition coefficient (Wildman–Crippen LogP) is 4.11. The van der Waals surface area contributed by atoms with Crippen molar-refractivity contribution in [3.63, 3.8) is 0 Å². The first kappa shape index (κ1) is 11.9. The van der Waals surface area contributed by atoms with E-state index in [1.54, 1.807) is 24.4 Å². The average molecular weight is 309 g/mol. The van der Waals surface area contributed by atoms with Gasteiger partial charge in [0.05, 0.1) is 22.3 Å². The van der Waals surface area contributed by atoms with Gasteiger partial charge in [0.1, 0.15) is 5.82 Å². The summed E-state index contributed by atoms with van der Waals surface area (Å²) in [7, 11) is 0. The van der Waals surface area contributed by atoms with Gasteiger partial charge in [-0.15, -0.1) is 0 Å². The minimum absolute atomic E-state index is 0.550. The highest BCUT2D eigenvalue weighted by atomic mass is 79.9. The van der Waals surface area contributed by atoms with Gasteiger partial charge in [0.15, 0.2) is 0 Å². The van der Waals surface area contributed by atoms with Crippen LogP contribution in [0.5, 0.6) is 0 Å². The van der Waals surface area contributed by atoms with Crippen LogP contribution in [0.3, 0.4) is 0 Å². The molecule has 2 rings (SSSR count). The highest BCUT2D eigenvalue weighted by molar-refractivity contribution is 9.10. The highest BCUT2D eigenvalue weighted by Gasteiger charge is 2.03. The number of aromatic nitrogens is 1. The van der Waals surface area contributed by atoms with Gasteiger partial charge in [-0.25, -0.2) is 4.98 Å². The molecule has 17 heavy (non-hydrogen) atoms. The number of anilines is 2. The number of nitrogens with zero attached hydrogens (tertiary/aromatic N) is 2. The van der Waals surface area contributed by atoms with Gasteiger partial charge < -0.3 is 5.32 Å². The summed E-state index contributed by atoms with van der Waals surface area (Å²) in [6.45, 7) is 0. The van der Waals surface area contributed by atoms with Crippen molar-refractivity contribution in [3.8, 4) is 6.07 Å². The van der Waals surface area contributed by atoms with E-state index in [4.69, 9.17) is 16.9 Å². The Balaban J connectivity index is 2.31. The van der Waals surface area contributed by atoms with E-state index in [-0.39, 0.29) is 0 Å². The second-order valence-electron chi connectivity index (χ2n) is 3.29. The molecule has 0 atom stereocenters. The van der Waals surface area contributed by atoms with Crippen LogP contribution in [0.4, 0.5) is 11.5 Å². The number of nitriles is 1. The number of hydrogen-bond donors (Lipinski definition) is 1. The number of pyridine rings is 1. The molecule has 5 heteroatoms. The van der Waals surface area contributed by atoms with E-state index in [0.717, 1.165) is 10.2 Å². The topological polar surface area (TPSA) is 48.7 Å². The molecule has 1 aromatic carbocycles. The predicted molar refractivity (Wildman–Crippen MR) is 71.4 cm³/mol. The van der Waals surface area contributed by atoms with Gasteiger partial charge in [-0.1, -0.05) is 27.5 Å². The molecule has 0 aliphatic rings. The van der Waals surface area contributed by atoms with E-state index in [1.165, 1.54) is 0 Å². The first-order valence-electron chi connectivity index (χ1n) is 4.77. The zero-order valence-corrected chi connectivity index (χ0v) is 11.0. The van der Waals surface area contributed by atoms with Crippen molar-refractivity contribution in [3.05, 3.63) is 51.6 Å². The average Bonchev–Trinajstić information content (AvgIpc) is 2.34. The molecule has 0 saturated heterocycles. The molecule has 2 aromatic rings. The third-order valence-corrected chi connectivity index (χ3v) is 2.90. The molecule has 0 radical (unpaired) electrons. The molecule has 0 unspecified atom stereocenters. The van der Waals surface area contributed by atoms with Crippen LogP contribution in [-0.4, -0.2) is 4.98 Å². The molecule has 1 aromatic heterocycles. The van der Waals surface area contributed by atoms with Gasteiger partial charge in [0.25, 0.3) is 0 Å². The second kappa shape index (κ2) is 5.17. The summed E-state index contributed by atoms with van der Waals surface area (Å²) in [5.74, 6) is 0.587. The van der Waals surface area contributed by atoms with Crippen LogP contribution in [0.15, 0.2) is 41.0 Å². The molecule has 3 nitrogen and oxygen atoms in total. The smallest absolute Gasteiger partial charge is 0.131 e. The fraction of sp³-hybridized carbons (Fsp3) is 0. The van der Waals surface area contributed by atoms with Crippen LogP contribution in [0, 0.1) is 11.3 Å². The molecule has 0 aliphatic heterocycles. The minimum atomic E-state index is 0.550. The summed E-state index contributed by atoms with van der Waals surface area (Å²) in [6, 6.07) is 10.9. The number of hydrogen-bond acceptors (Lipinski definition) is 3. The van der Waals surface area contributed by atoms with Crippen LogP contribution in [0.2, 0.25) is 5.02 Å². The largest absolute Gasteiger partial charge is 0.339 e. The Labute approximate surface area is 112 Å². The molecule has 1 N–H and O–H groups in total. The van der Waals surface area contributed by atoms with Crippen molar-refractivity contribution < 1.29 is 0 Å². The van der Waals surface area contributed by atoms with Gasteiger partial charge in [0.2, 0.25) is 0 Å². The van der Waals surface area contributed by atoms with E-state index in [9.17, 15) is 0 Å². The van der Waals surface area contributed by atoms with Crippen molar-refractivity contribution in [2.24, 2.45) is 0 Å². The van der Waals surface area contributed by atoms with Crippen LogP contribution in [-0.2, 0) is 0 Å². The third-order valence-electron chi connectivity index (χ3n) is 2.08. The van der Waals surface area contributed by atoms with Gasteiger partial charge in [-0.05, 0) is 30.3 Å². The summed E-state index contributed by atoms with van der Waals surface area (Å²) in [5.41, 5.74) is 1.29. The Bertz CT molecular complexity index is 593. The third kappa shape index (κ3) is 2.96. The molecular weight excluding hydrogens is 302 g/mol. The number of nitrogens with one attached hydrogen (secondary N) is 1. The summed E-state index contributed by atoms with van der Waals surface area (Å²) in [6.07, 6.45) is 1.58. The Hall–Kier alpha value is -1.57. The lowest BCUT2D eigenvalue weighted by molar-refractivity contribution is 1.29. The van der Waals surface area contributed by atoms with Crippen molar-refractivity contribution in [1.82, 2.24) is 4.98 Å². The Kier molecular flexibility index (Phi) is 3.62. The lowest BCUT2D eigenvalue weighted by Crippen LogP contribution is -1.94. The maximum absolute atomic E-state index is 8.79. The molecular formula is C12H7BrClN3. The molecule has 0 fully saturated rings. The van der Waals surface area contributed by atoms with Crippen LogP contribution in [0.1, 0.15) is 5.56 Å². The quantitative estimate of drug-likeness (QED) is 0.908. The number of halogens is 2. The van der Waals surface area contributed by atoms with Crippen molar-refractivity contribution >= 4 is 39.0 Å². The Morgan fingerprint density at radius 3 is 2.88 bits per heavy atom. The van der Waals surface area contributed by atoms with Crippen LogP contribution in [0.25, 0.3) is 0 Å².